The van der Waals surface area contributed by atoms with Gasteiger partial charge in [-0.05, 0) is 18.4 Å². The molecule has 1 aromatic carbocycles. The molecular weight excluding hydrogens is 318 g/mol. The van der Waals surface area contributed by atoms with Gasteiger partial charge < -0.3 is 15.7 Å². The molecule has 7 nitrogen and oxygen atoms in total. The summed E-state index contributed by atoms with van der Waals surface area (Å²) in [6.07, 6.45) is 1.94. The van der Waals surface area contributed by atoms with Gasteiger partial charge in [-0.25, -0.2) is 4.79 Å². The number of hydrogen-bond acceptors (Lipinski definition) is 5. The summed E-state index contributed by atoms with van der Waals surface area (Å²) in [5.74, 6) is -2.02. The normalized spacial score (nSPS) is 11.1. The summed E-state index contributed by atoms with van der Waals surface area (Å²) in [7, 11) is 0. The first-order valence-corrected chi connectivity index (χ1v) is 8.08. The van der Waals surface area contributed by atoms with Crippen LogP contribution in [0.25, 0.3) is 0 Å². The van der Waals surface area contributed by atoms with Crippen LogP contribution >= 0.6 is 11.8 Å². The number of thioether (sulfide) groups is 1. The maximum Gasteiger partial charge on any atom is 0.336 e. The summed E-state index contributed by atoms with van der Waals surface area (Å²) >= 11 is 1.26. The van der Waals surface area contributed by atoms with Crippen molar-refractivity contribution in [2.75, 3.05) is 19.3 Å². The number of carbonyl (C=O) groups is 3. The molecule has 1 aromatic rings. The fraction of sp³-hybridized carbons (Fsp3) is 0.333. The first-order chi connectivity index (χ1) is 11.0. The molecule has 2 amide bonds. The topological polar surface area (TPSA) is 119 Å². The van der Waals surface area contributed by atoms with Crippen LogP contribution in [0.4, 0.5) is 0 Å². The van der Waals surface area contributed by atoms with E-state index in [1.54, 1.807) is 12.3 Å². The Morgan fingerprint density at radius 1 is 1.26 bits per heavy atom. The second-order valence-corrected chi connectivity index (χ2v) is 5.52. The third-order valence-electron chi connectivity index (χ3n) is 2.96. The Morgan fingerprint density at radius 2 is 1.91 bits per heavy atom. The number of nitrogens with zero attached hydrogens (tertiary/aromatic N) is 1. The van der Waals surface area contributed by atoms with E-state index in [4.69, 9.17) is 10.4 Å². The van der Waals surface area contributed by atoms with Crippen molar-refractivity contribution >= 4 is 29.5 Å². The van der Waals surface area contributed by atoms with Gasteiger partial charge in [-0.2, -0.15) is 17.0 Å². The van der Waals surface area contributed by atoms with E-state index in [1.807, 2.05) is 6.07 Å². The zero-order chi connectivity index (χ0) is 17.2. The Morgan fingerprint density at radius 3 is 2.48 bits per heavy atom. The van der Waals surface area contributed by atoms with Gasteiger partial charge in [0, 0.05) is 13.1 Å². The lowest BCUT2D eigenvalue weighted by atomic mass is 10.1. The van der Waals surface area contributed by atoms with Gasteiger partial charge in [0.2, 0.25) is 5.91 Å². The van der Waals surface area contributed by atoms with E-state index in [0.717, 1.165) is 0 Å². The molecule has 0 aliphatic rings. The maximum atomic E-state index is 12.1. The molecule has 3 N–H and O–H groups in total. The number of carboxylic acid groups (broad SMARTS) is 1. The molecule has 1 atom stereocenters. The molecular formula is C15H17N3O4S. The second-order valence-electron chi connectivity index (χ2n) is 4.48. The lowest BCUT2D eigenvalue weighted by Gasteiger charge is -2.15. The van der Waals surface area contributed by atoms with Crippen molar-refractivity contribution < 1.29 is 19.5 Å². The number of nitrogens with one attached hydrogen (secondary N) is 2. The van der Waals surface area contributed by atoms with E-state index in [2.05, 4.69) is 10.6 Å². The minimum Gasteiger partial charge on any atom is -0.478 e. The second kappa shape index (κ2) is 9.48. The van der Waals surface area contributed by atoms with Crippen LogP contribution < -0.4 is 10.6 Å². The number of hydrogen-bond donors (Lipinski definition) is 3. The number of aromatic carboxylic acids is 1. The number of benzene rings is 1. The average Bonchev–Trinajstić information content (AvgIpc) is 2.55. The Balaban J connectivity index is 2.65. The number of rotatable bonds is 8. The first-order valence-electron chi connectivity index (χ1n) is 6.79. The summed E-state index contributed by atoms with van der Waals surface area (Å²) in [5, 5.41) is 22.2. The van der Waals surface area contributed by atoms with E-state index >= 15 is 0 Å². The van der Waals surface area contributed by atoms with Crippen LogP contribution in [0.1, 0.15) is 27.1 Å². The quantitative estimate of drug-likeness (QED) is 0.607. The number of nitriles is 1. The predicted molar refractivity (Wildman–Crippen MR) is 86.3 cm³/mol. The molecule has 23 heavy (non-hydrogen) atoms. The van der Waals surface area contributed by atoms with Crippen LogP contribution in [0.2, 0.25) is 0 Å². The zero-order valence-corrected chi connectivity index (χ0v) is 13.4. The molecule has 0 bridgehead atoms. The maximum absolute atomic E-state index is 12.1. The highest BCUT2D eigenvalue weighted by atomic mass is 32.2. The summed E-state index contributed by atoms with van der Waals surface area (Å²) in [6, 6.07) is 7.79. The molecule has 0 aliphatic heterocycles. The van der Waals surface area contributed by atoms with Crippen LogP contribution in [0, 0.1) is 11.3 Å². The smallest absolute Gasteiger partial charge is 0.336 e. The molecule has 1 unspecified atom stereocenters. The highest BCUT2D eigenvalue weighted by molar-refractivity contribution is 7.99. The number of carbonyl (C=O) groups excluding carboxylic acids is 2. The van der Waals surface area contributed by atoms with Crippen molar-refractivity contribution in [1.82, 2.24) is 10.6 Å². The molecule has 0 spiro atoms. The Kier molecular flexibility index (Phi) is 7.63. The van der Waals surface area contributed by atoms with Gasteiger partial charge in [0.1, 0.15) is 5.25 Å². The van der Waals surface area contributed by atoms with Crippen molar-refractivity contribution in [1.29, 1.82) is 5.26 Å². The summed E-state index contributed by atoms with van der Waals surface area (Å²) < 4.78 is 0. The largest absolute Gasteiger partial charge is 0.478 e. The van der Waals surface area contributed by atoms with Crippen molar-refractivity contribution in [2.45, 2.75) is 11.7 Å². The standard InChI is InChI=1S/C15H17N3O4S/c1-23-12(14(20)17-8-4-7-16)9-18-13(19)10-5-2-3-6-11(10)15(21)22/h2-3,5-6,12H,4,8-9H2,1H3,(H,17,20)(H,18,19)(H,21,22). The van der Waals surface area contributed by atoms with Gasteiger partial charge in [-0.1, -0.05) is 12.1 Å². The minimum atomic E-state index is -1.19. The van der Waals surface area contributed by atoms with E-state index in [0.29, 0.717) is 0 Å². The van der Waals surface area contributed by atoms with E-state index in [-0.39, 0.29) is 36.5 Å². The van der Waals surface area contributed by atoms with Gasteiger partial charge in [0.25, 0.3) is 5.91 Å². The average molecular weight is 335 g/mol. The van der Waals surface area contributed by atoms with E-state index in [9.17, 15) is 14.4 Å². The Hall–Kier alpha value is -2.53. The van der Waals surface area contributed by atoms with Crippen molar-refractivity contribution in [3.8, 4) is 6.07 Å². The lowest BCUT2D eigenvalue weighted by molar-refractivity contribution is -0.120. The number of amides is 2. The van der Waals surface area contributed by atoms with Crippen molar-refractivity contribution in [2.24, 2.45) is 0 Å². The number of carboxylic acids is 1. The molecule has 0 heterocycles. The molecule has 0 radical (unpaired) electrons. The summed E-state index contributed by atoms with van der Waals surface area (Å²) in [4.78, 5) is 35.1. The Bertz CT molecular complexity index is 627. The van der Waals surface area contributed by atoms with Gasteiger partial charge in [-0.3, -0.25) is 9.59 Å². The third kappa shape index (κ3) is 5.64. The van der Waals surface area contributed by atoms with Crippen molar-refractivity contribution in [3.63, 3.8) is 0 Å². The molecule has 0 fully saturated rings. The fourth-order valence-corrected chi connectivity index (χ4v) is 2.33. The summed E-state index contributed by atoms with van der Waals surface area (Å²) in [5.41, 5.74) is -0.0473. The SMILES string of the molecule is CSC(CNC(=O)c1ccccc1C(=O)O)C(=O)NCCC#N. The van der Waals surface area contributed by atoms with Gasteiger partial charge in [0.05, 0.1) is 23.6 Å². The minimum absolute atomic E-state index is 0.0461. The lowest BCUT2D eigenvalue weighted by Crippen LogP contribution is -2.41. The zero-order valence-electron chi connectivity index (χ0n) is 12.5. The highest BCUT2D eigenvalue weighted by Gasteiger charge is 2.20. The molecule has 0 aliphatic carbocycles. The molecule has 1 rings (SSSR count). The van der Waals surface area contributed by atoms with E-state index in [1.165, 1.54) is 30.0 Å². The van der Waals surface area contributed by atoms with Gasteiger partial charge >= 0.3 is 5.97 Å². The van der Waals surface area contributed by atoms with Crippen LogP contribution in [-0.4, -0.2) is 47.5 Å². The summed E-state index contributed by atoms with van der Waals surface area (Å²) in [6.45, 7) is 0.314. The van der Waals surface area contributed by atoms with E-state index < -0.39 is 17.1 Å². The van der Waals surface area contributed by atoms with Crippen LogP contribution in [0.5, 0.6) is 0 Å². The van der Waals surface area contributed by atoms with Crippen LogP contribution in [0.15, 0.2) is 24.3 Å². The monoisotopic (exact) mass is 335 g/mol. The molecule has 8 heteroatoms. The predicted octanol–water partition coefficient (Wildman–Crippen LogP) is 0.876. The molecule has 0 saturated carbocycles. The van der Waals surface area contributed by atoms with Crippen LogP contribution in [0.3, 0.4) is 0 Å². The molecule has 0 aromatic heterocycles. The first kappa shape index (κ1) is 18.5. The van der Waals surface area contributed by atoms with Crippen LogP contribution in [-0.2, 0) is 4.79 Å². The highest BCUT2D eigenvalue weighted by Crippen LogP contribution is 2.10. The fourth-order valence-electron chi connectivity index (χ4n) is 1.79. The third-order valence-corrected chi connectivity index (χ3v) is 3.91. The molecule has 122 valence electrons. The molecule has 0 saturated heterocycles. The Labute approximate surface area is 138 Å². The van der Waals surface area contributed by atoms with Gasteiger partial charge in [-0.15, -0.1) is 0 Å². The van der Waals surface area contributed by atoms with Crippen molar-refractivity contribution in [3.05, 3.63) is 35.4 Å². The van der Waals surface area contributed by atoms with Gasteiger partial charge in [0.15, 0.2) is 0 Å².